The largest absolute Gasteiger partial charge is 0.399 e. The second kappa shape index (κ2) is 3.65. The minimum Gasteiger partial charge on any atom is -0.399 e. The summed E-state index contributed by atoms with van der Waals surface area (Å²) in [6.07, 6.45) is 1.45. The first kappa shape index (κ1) is 9.58. The summed E-state index contributed by atoms with van der Waals surface area (Å²) < 4.78 is 26.3. The summed E-state index contributed by atoms with van der Waals surface area (Å²) >= 11 is 0. The van der Waals surface area contributed by atoms with Crippen molar-refractivity contribution in [2.24, 2.45) is 0 Å². The molecule has 0 amide bonds. The SMILES string of the molecule is Nc1ccnc(-c2cccc(F)c2F)c1. The molecular weight excluding hydrogens is 198 g/mol. The Balaban J connectivity index is 2.59. The smallest absolute Gasteiger partial charge is 0.168 e. The van der Waals surface area contributed by atoms with Gasteiger partial charge in [-0.05, 0) is 24.3 Å². The molecule has 1 aromatic heterocycles. The monoisotopic (exact) mass is 206 g/mol. The van der Waals surface area contributed by atoms with Crippen LogP contribution in [0.1, 0.15) is 0 Å². The number of benzene rings is 1. The molecule has 2 nitrogen and oxygen atoms in total. The lowest BCUT2D eigenvalue weighted by molar-refractivity contribution is 0.511. The second-order valence-corrected chi connectivity index (χ2v) is 3.08. The van der Waals surface area contributed by atoms with Crippen LogP contribution in [-0.4, -0.2) is 4.98 Å². The van der Waals surface area contributed by atoms with Crippen molar-refractivity contribution in [3.63, 3.8) is 0 Å². The summed E-state index contributed by atoms with van der Waals surface area (Å²) in [5.41, 5.74) is 6.43. The first-order valence-corrected chi connectivity index (χ1v) is 4.34. The fourth-order valence-corrected chi connectivity index (χ4v) is 1.30. The van der Waals surface area contributed by atoms with Crippen molar-refractivity contribution in [3.8, 4) is 11.3 Å². The van der Waals surface area contributed by atoms with E-state index in [9.17, 15) is 8.78 Å². The molecule has 0 radical (unpaired) electrons. The molecule has 0 aliphatic rings. The first-order valence-electron chi connectivity index (χ1n) is 4.34. The van der Waals surface area contributed by atoms with Crippen molar-refractivity contribution < 1.29 is 8.78 Å². The Labute approximate surface area is 85.4 Å². The van der Waals surface area contributed by atoms with Crippen LogP contribution < -0.4 is 5.73 Å². The lowest BCUT2D eigenvalue weighted by atomic mass is 10.1. The quantitative estimate of drug-likeness (QED) is 0.778. The third-order valence-electron chi connectivity index (χ3n) is 2.01. The first-order chi connectivity index (χ1) is 7.18. The van der Waals surface area contributed by atoms with Crippen molar-refractivity contribution in [1.82, 2.24) is 4.98 Å². The van der Waals surface area contributed by atoms with E-state index in [1.165, 1.54) is 24.4 Å². The van der Waals surface area contributed by atoms with Gasteiger partial charge in [-0.25, -0.2) is 8.78 Å². The van der Waals surface area contributed by atoms with Crippen LogP contribution >= 0.6 is 0 Å². The zero-order valence-corrected chi connectivity index (χ0v) is 7.74. The minimum atomic E-state index is -0.907. The maximum absolute atomic E-state index is 13.4. The highest BCUT2D eigenvalue weighted by Crippen LogP contribution is 2.23. The van der Waals surface area contributed by atoms with E-state index >= 15 is 0 Å². The van der Waals surface area contributed by atoms with Gasteiger partial charge in [0.25, 0.3) is 0 Å². The fraction of sp³-hybridized carbons (Fsp3) is 0. The molecule has 1 heterocycles. The van der Waals surface area contributed by atoms with Gasteiger partial charge in [0.2, 0.25) is 0 Å². The van der Waals surface area contributed by atoms with Crippen LogP contribution in [0.3, 0.4) is 0 Å². The number of nitrogens with two attached hydrogens (primary N) is 1. The van der Waals surface area contributed by atoms with Gasteiger partial charge in [0, 0.05) is 17.4 Å². The van der Waals surface area contributed by atoms with E-state index in [0.29, 0.717) is 11.4 Å². The van der Waals surface area contributed by atoms with E-state index in [1.807, 2.05) is 0 Å². The van der Waals surface area contributed by atoms with Gasteiger partial charge in [-0.15, -0.1) is 0 Å². The highest BCUT2D eigenvalue weighted by atomic mass is 19.2. The third kappa shape index (κ3) is 1.79. The number of pyridine rings is 1. The van der Waals surface area contributed by atoms with Gasteiger partial charge in [0.05, 0.1) is 5.69 Å². The fourth-order valence-electron chi connectivity index (χ4n) is 1.30. The summed E-state index contributed by atoms with van der Waals surface area (Å²) in [6.45, 7) is 0. The van der Waals surface area contributed by atoms with Crippen LogP contribution in [0.2, 0.25) is 0 Å². The number of hydrogen-bond donors (Lipinski definition) is 1. The molecule has 0 saturated carbocycles. The van der Waals surface area contributed by atoms with Crippen LogP contribution in [-0.2, 0) is 0 Å². The van der Waals surface area contributed by atoms with Gasteiger partial charge in [0.15, 0.2) is 11.6 Å². The Morgan fingerprint density at radius 1 is 1.13 bits per heavy atom. The Kier molecular flexibility index (Phi) is 2.33. The lowest BCUT2D eigenvalue weighted by Crippen LogP contribution is -1.93. The number of aromatic nitrogens is 1. The van der Waals surface area contributed by atoms with Crippen LogP contribution in [0.4, 0.5) is 14.5 Å². The summed E-state index contributed by atoms with van der Waals surface area (Å²) in [7, 11) is 0. The molecule has 0 atom stereocenters. The molecule has 76 valence electrons. The van der Waals surface area contributed by atoms with E-state index in [2.05, 4.69) is 4.98 Å². The Morgan fingerprint density at radius 3 is 2.67 bits per heavy atom. The highest BCUT2D eigenvalue weighted by Gasteiger charge is 2.10. The molecule has 0 unspecified atom stereocenters. The van der Waals surface area contributed by atoms with Crippen molar-refractivity contribution in [2.75, 3.05) is 5.73 Å². The molecular formula is C11H8F2N2. The maximum atomic E-state index is 13.4. The molecule has 2 aromatic rings. The average molecular weight is 206 g/mol. The topological polar surface area (TPSA) is 38.9 Å². The van der Waals surface area contributed by atoms with Crippen LogP contribution in [0.25, 0.3) is 11.3 Å². The predicted molar refractivity (Wildman–Crippen MR) is 54.0 cm³/mol. The zero-order chi connectivity index (χ0) is 10.8. The Hall–Kier alpha value is -1.97. The molecule has 4 heteroatoms. The zero-order valence-electron chi connectivity index (χ0n) is 7.74. The summed E-state index contributed by atoms with van der Waals surface area (Å²) in [5.74, 6) is -1.80. The minimum absolute atomic E-state index is 0.113. The van der Waals surface area contributed by atoms with E-state index < -0.39 is 11.6 Å². The number of anilines is 1. The normalized spacial score (nSPS) is 10.3. The molecule has 2 rings (SSSR count). The van der Waals surface area contributed by atoms with E-state index in [0.717, 1.165) is 6.07 Å². The average Bonchev–Trinajstić information content (AvgIpc) is 2.22. The summed E-state index contributed by atoms with van der Waals surface area (Å²) in [4.78, 5) is 3.93. The predicted octanol–water partition coefficient (Wildman–Crippen LogP) is 2.61. The molecule has 0 saturated heterocycles. The van der Waals surface area contributed by atoms with Gasteiger partial charge in [-0.2, -0.15) is 0 Å². The molecule has 2 N–H and O–H groups in total. The number of halogens is 2. The van der Waals surface area contributed by atoms with Crippen molar-refractivity contribution in [3.05, 3.63) is 48.2 Å². The van der Waals surface area contributed by atoms with Crippen LogP contribution in [0, 0.1) is 11.6 Å². The molecule has 1 aromatic carbocycles. The summed E-state index contributed by atoms with van der Waals surface area (Å²) in [5, 5.41) is 0. The Bertz CT molecular complexity index is 498. The van der Waals surface area contributed by atoms with E-state index in [4.69, 9.17) is 5.73 Å². The molecule has 0 fully saturated rings. The van der Waals surface area contributed by atoms with E-state index in [1.54, 1.807) is 6.07 Å². The maximum Gasteiger partial charge on any atom is 0.168 e. The number of hydrogen-bond acceptors (Lipinski definition) is 2. The van der Waals surface area contributed by atoms with Crippen molar-refractivity contribution in [1.29, 1.82) is 0 Å². The van der Waals surface area contributed by atoms with Gasteiger partial charge >= 0.3 is 0 Å². The molecule has 0 bridgehead atoms. The van der Waals surface area contributed by atoms with E-state index in [-0.39, 0.29) is 5.56 Å². The number of nitrogens with zero attached hydrogens (tertiary/aromatic N) is 1. The van der Waals surface area contributed by atoms with Gasteiger partial charge in [-0.1, -0.05) is 6.07 Å². The lowest BCUT2D eigenvalue weighted by Gasteiger charge is -2.03. The molecule has 0 aliphatic carbocycles. The number of rotatable bonds is 1. The third-order valence-corrected chi connectivity index (χ3v) is 2.01. The van der Waals surface area contributed by atoms with Gasteiger partial charge in [-0.3, -0.25) is 4.98 Å². The standard InChI is InChI=1S/C11H8F2N2/c12-9-3-1-2-8(11(9)13)10-6-7(14)4-5-15-10/h1-6H,(H2,14,15). The van der Waals surface area contributed by atoms with Gasteiger partial charge < -0.3 is 5.73 Å². The highest BCUT2D eigenvalue weighted by molar-refractivity contribution is 5.63. The molecule has 0 spiro atoms. The molecule has 15 heavy (non-hydrogen) atoms. The van der Waals surface area contributed by atoms with Gasteiger partial charge in [0.1, 0.15) is 0 Å². The summed E-state index contributed by atoms with van der Waals surface area (Å²) in [6, 6.07) is 7.03. The van der Waals surface area contributed by atoms with Crippen molar-refractivity contribution in [2.45, 2.75) is 0 Å². The van der Waals surface area contributed by atoms with Crippen LogP contribution in [0.15, 0.2) is 36.5 Å². The number of nitrogen functional groups attached to an aromatic ring is 1. The molecule has 0 aliphatic heterocycles. The van der Waals surface area contributed by atoms with Crippen molar-refractivity contribution >= 4 is 5.69 Å². The van der Waals surface area contributed by atoms with Crippen LogP contribution in [0.5, 0.6) is 0 Å². The second-order valence-electron chi connectivity index (χ2n) is 3.08. The Morgan fingerprint density at radius 2 is 1.93 bits per heavy atom.